The van der Waals surface area contributed by atoms with Gasteiger partial charge in [-0.25, -0.2) is 4.98 Å². The molecule has 0 fully saturated rings. The Hall–Kier alpha value is -2.86. The molecule has 2 aromatic heterocycles. The van der Waals surface area contributed by atoms with Gasteiger partial charge in [0, 0.05) is 31.3 Å². The minimum atomic E-state index is -0.0628. The van der Waals surface area contributed by atoms with Crippen LogP contribution >= 0.6 is 0 Å². The summed E-state index contributed by atoms with van der Waals surface area (Å²) in [6.45, 7) is 8.17. The monoisotopic (exact) mass is 393 g/mol. The molecule has 152 valence electrons. The largest absolute Gasteiger partial charge is 0.490 e. The maximum atomic E-state index is 12.5. The predicted octanol–water partition coefficient (Wildman–Crippen LogP) is 3.65. The first-order chi connectivity index (χ1) is 14.0. The molecule has 0 saturated heterocycles. The summed E-state index contributed by atoms with van der Waals surface area (Å²) in [4.78, 5) is 17.2. The lowest BCUT2D eigenvalue weighted by Crippen LogP contribution is -2.27. The van der Waals surface area contributed by atoms with Crippen molar-refractivity contribution in [3.63, 3.8) is 0 Å². The van der Waals surface area contributed by atoms with Crippen molar-refractivity contribution in [3.05, 3.63) is 69.8 Å². The van der Waals surface area contributed by atoms with Gasteiger partial charge in [0.25, 0.3) is 5.56 Å². The van der Waals surface area contributed by atoms with Gasteiger partial charge in [-0.3, -0.25) is 9.20 Å². The summed E-state index contributed by atoms with van der Waals surface area (Å²) in [5.74, 6) is 1.95. The fraction of sp³-hybridized carbons (Fsp3) is 0.391. The number of ether oxygens (including phenoxy) is 2. The molecule has 1 atom stereocenters. The molecule has 3 heterocycles. The maximum absolute atomic E-state index is 12.5. The normalized spacial score (nSPS) is 14.8. The fourth-order valence-electron chi connectivity index (χ4n) is 3.73. The van der Waals surface area contributed by atoms with E-state index in [4.69, 9.17) is 14.5 Å². The van der Waals surface area contributed by atoms with Crippen LogP contribution in [0.5, 0.6) is 11.5 Å². The molecule has 1 aromatic carbocycles. The quantitative estimate of drug-likeness (QED) is 0.717. The lowest BCUT2D eigenvalue weighted by Gasteiger charge is -2.24. The molecule has 1 unspecified atom stereocenters. The number of aromatic nitrogens is 2. The van der Waals surface area contributed by atoms with E-state index in [1.807, 2.05) is 25.1 Å². The minimum Gasteiger partial charge on any atom is -0.490 e. The first kappa shape index (κ1) is 19.5. The van der Waals surface area contributed by atoms with Crippen molar-refractivity contribution in [2.75, 3.05) is 13.2 Å². The summed E-state index contributed by atoms with van der Waals surface area (Å²) in [5.41, 5.74) is 3.50. The molecule has 0 aliphatic carbocycles. The number of hydrogen-bond donors (Lipinski definition) is 1. The first-order valence-corrected chi connectivity index (χ1v) is 10.1. The Labute approximate surface area is 170 Å². The molecular weight excluding hydrogens is 366 g/mol. The zero-order valence-corrected chi connectivity index (χ0v) is 17.1. The van der Waals surface area contributed by atoms with Crippen LogP contribution in [-0.2, 0) is 6.54 Å². The lowest BCUT2D eigenvalue weighted by atomic mass is 9.95. The topological polar surface area (TPSA) is 64.9 Å². The molecule has 0 saturated carbocycles. The van der Waals surface area contributed by atoms with Gasteiger partial charge >= 0.3 is 0 Å². The van der Waals surface area contributed by atoms with E-state index < -0.39 is 0 Å². The van der Waals surface area contributed by atoms with Crippen molar-refractivity contribution in [1.29, 1.82) is 0 Å². The molecule has 1 N–H and O–H groups in total. The van der Waals surface area contributed by atoms with E-state index in [2.05, 4.69) is 31.3 Å². The number of hydrogen-bond acceptors (Lipinski definition) is 5. The number of fused-ring (bicyclic) bond motifs is 2. The van der Waals surface area contributed by atoms with Crippen LogP contribution in [0.1, 0.15) is 43.1 Å². The van der Waals surface area contributed by atoms with E-state index in [1.54, 1.807) is 16.7 Å². The number of rotatable bonds is 5. The molecule has 6 nitrogen and oxygen atoms in total. The Balaban J connectivity index is 1.58. The van der Waals surface area contributed by atoms with Gasteiger partial charge in [-0.05, 0) is 42.2 Å². The summed E-state index contributed by atoms with van der Waals surface area (Å²) < 4.78 is 13.2. The Morgan fingerprint density at radius 2 is 1.93 bits per heavy atom. The summed E-state index contributed by atoms with van der Waals surface area (Å²) >= 11 is 0. The van der Waals surface area contributed by atoms with Crippen LogP contribution in [0.4, 0.5) is 0 Å². The van der Waals surface area contributed by atoms with E-state index >= 15 is 0 Å². The van der Waals surface area contributed by atoms with Gasteiger partial charge in [-0.2, -0.15) is 0 Å². The minimum absolute atomic E-state index is 0.0628. The standard InChI is InChI=1S/C23H27N3O3/c1-15(2)22(17-7-8-19-20(12-17)29-11-5-10-28-19)24-14-18-13-21(27)26-9-4-6-16(3)23(26)25-18/h4,6-9,12-13,15,22,24H,5,10-11,14H2,1-3H3. The van der Waals surface area contributed by atoms with E-state index in [0.717, 1.165) is 34.7 Å². The Morgan fingerprint density at radius 3 is 2.72 bits per heavy atom. The third-order valence-corrected chi connectivity index (χ3v) is 5.24. The van der Waals surface area contributed by atoms with Crippen LogP contribution in [0, 0.1) is 12.8 Å². The highest BCUT2D eigenvalue weighted by molar-refractivity contribution is 5.47. The van der Waals surface area contributed by atoms with Gasteiger partial charge in [0.05, 0.1) is 18.9 Å². The zero-order valence-electron chi connectivity index (χ0n) is 17.1. The van der Waals surface area contributed by atoms with Gasteiger partial charge in [0.1, 0.15) is 5.65 Å². The third-order valence-electron chi connectivity index (χ3n) is 5.24. The Morgan fingerprint density at radius 1 is 1.14 bits per heavy atom. The van der Waals surface area contributed by atoms with E-state index in [0.29, 0.717) is 31.3 Å². The average molecular weight is 393 g/mol. The molecule has 0 amide bonds. The second-order valence-electron chi connectivity index (χ2n) is 7.83. The van der Waals surface area contributed by atoms with Crippen molar-refractivity contribution < 1.29 is 9.47 Å². The molecule has 3 aromatic rings. The zero-order chi connectivity index (χ0) is 20.4. The number of pyridine rings is 1. The van der Waals surface area contributed by atoms with Gasteiger partial charge in [0.15, 0.2) is 11.5 Å². The van der Waals surface area contributed by atoms with Crippen LogP contribution in [0.2, 0.25) is 0 Å². The van der Waals surface area contributed by atoms with Gasteiger partial charge in [-0.15, -0.1) is 0 Å². The molecule has 1 aliphatic rings. The van der Waals surface area contributed by atoms with Crippen molar-refractivity contribution in [3.8, 4) is 11.5 Å². The van der Waals surface area contributed by atoms with Crippen LogP contribution in [-0.4, -0.2) is 22.6 Å². The fourth-order valence-corrected chi connectivity index (χ4v) is 3.73. The lowest BCUT2D eigenvalue weighted by molar-refractivity contribution is 0.296. The summed E-state index contributed by atoms with van der Waals surface area (Å²) in [6, 6.07) is 11.7. The third kappa shape index (κ3) is 4.12. The van der Waals surface area contributed by atoms with Crippen LogP contribution in [0.15, 0.2) is 47.4 Å². The molecular formula is C23H27N3O3. The van der Waals surface area contributed by atoms with Crippen molar-refractivity contribution in [1.82, 2.24) is 14.7 Å². The summed E-state index contributed by atoms with van der Waals surface area (Å²) in [5, 5.41) is 3.58. The predicted molar refractivity (Wildman–Crippen MR) is 113 cm³/mol. The highest BCUT2D eigenvalue weighted by Gasteiger charge is 2.19. The smallest absolute Gasteiger partial charge is 0.258 e. The Bertz CT molecular complexity index is 1070. The first-order valence-electron chi connectivity index (χ1n) is 10.1. The van der Waals surface area contributed by atoms with Crippen LogP contribution < -0.4 is 20.3 Å². The second kappa shape index (κ2) is 8.25. The molecule has 4 rings (SSSR count). The Kier molecular flexibility index (Phi) is 5.53. The van der Waals surface area contributed by atoms with Gasteiger partial charge < -0.3 is 14.8 Å². The number of aryl methyl sites for hydroxylation is 1. The van der Waals surface area contributed by atoms with E-state index in [9.17, 15) is 4.79 Å². The number of benzene rings is 1. The van der Waals surface area contributed by atoms with E-state index in [-0.39, 0.29) is 11.6 Å². The average Bonchev–Trinajstić information content (AvgIpc) is 2.94. The van der Waals surface area contributed by atoms with Crippen molar-refractivity contribution >= 4 is 5.65 Å². The second-order valence-corrected chi connectivity index (χ2v) is 7.83. The molecule has 1 aliphatic heterocycles. The highest BCUT2D eigenvalue weighted by Crippen LogP contribution is 2.34. The molecule has 0 radical (unpaired) electrons. The molecule has 6 heteroatoms. The summed E-state index contributed by atoms with van der Waals surface area (Å²) in [7, 11) is 0. The SMILES string of the molecule is Cc1cccn2c(=O)cc(CNC(c3ccc4c(c3)OCCCO4)C(C)C)nc12. The van der Waals surface area contributed by atoms with Crippen molar-refractivity contribution in [2.45, 2.75) is 39.8 Å². The number of nitrogens with zero attached hydrogens (tertiary/aromatic N) is 2. The number of nitrogens with one attached hydrogen (secondary N) is 1. The molecule has 0 bridgehead atoms. The van der Waals surface area contributed by atoms with Crippen molar-refractivity contribution in [2.24, 2.45) is 5.92 Å². The summed E-state index contributed by atoms with van der Waals surface area (Å²) in [6.07, 6.45) is 2.64. The van der Waals surface area contributed by atoms with Gasteiger partial charge in [0.2, 0.25) is 0 Å². The van der Waals surface area contributed by atoms with Crippen LogP contribution in [0.3, 0.4) is 0 Å². The molecule has 29 heavy (non-hydrogen) atoms. The molecule has 0 spiro atoms. The highest BCUT2D eigenvalue weighted by atomic mass is 16.5. The van der Waals surface area contributed by atoms with E-state index in [1.165, 1.54) is 0 Å². The van der Waals surface area contributed by atoms with Crippen LogP contribution in [0.25, 0.3) is 5.65 Å². The maximum Gasteiger partial charge on any atom is 0.258 e. The van der Waals surface area contributed by atoms with Gasteiger partial charge in [-0.1, -0.05) is 26.0 Å².